The van der Waals surface area contributed by atoms with Crippen LogP contribution in [0.1, 0.15) is 26.7 Å². The summed E-state index contributed by atoms with van der Waals surface area (Å²) in [5.74, 6) is -1.45. The van der Waals surface area contributed by atoms with Crippen molar-refractivity contribution in [2.24, 2.45) is 5.92 Å². The number of phenols is 1. The van der Waals surface area contributed by atoms with Gasteiger partial charge in [-0.05, 0) is 24.5 Å². The molecule has 21 heavy (non-hydrogen) atoms. The molecule has 1 aromatic carbocycles. The van der Waals surface area contributed by atoms with Crippen molar-refractivity contribution in [2.45, 2.75) is 32.7 Å². The minimum Gasteiger partial charge on any atom is -0.508 e. The van der Waals surface area contributed by atoms with Crippen LogP contribution in [0.3, 0.4) is 0 Å². The third kappa shape index (κ3) is 3.32. The summed E-state index contributed by atoms with van der Waals surface area (Å²) < 4.78 is 13.7. The molecule has 2 rings (SSSR count). The van der Waals surface area contributed by atoms with Crippen LogP contribution in [0.2, 0.25) is 0 Å². The van der Waals surface area contributed by atoms with Crippen molar-refractivity contribution in [2.75, 3.05) is 11.9 Å². The van der Waals surface area contributed by atoms with E-state index in [2.05, 4.69) is 5.32 Å². The van der Waals surface area contributed by atoms with Gasteiger partial charge in [-0.3, -0.25) is 9.59 Å². The molecule has 0 bridgehead atoms. The van der Waals surface area contributed by atoms with Gasteiger partial charge in [-0.2, -0.15) is 0 Å². The summed E-state index contributed by atoms with van der Waals surface area (Å²) >= 11 is 0. The SMILES string of the molecule is CC(C)[C@@H](C(=O)Nc1ccc(O)cc1F)N1CCCC1=O. The summed E-state index contributed by atoms with van der Waals surface area (Å²) in [4.78, 5) is 25.8. The normalized spacial score (nSPS) is 16.4. The number of aromatic hydroxyl groups is 1. The Labute approximate surface area is 122 Å². The van der Waals surface area contributed by atoms with Crippen molar-refractivity contribution < 1.29 is 19.1 Å². The molecule has 0 unspecified atom stereocenters. The Bertz CT molecular complexity index is 560. The lowest BCUT2D eigenvalue weighted by Crippen LogP contribution is -2.48. The molecule has 1 aromatic rings. The summed E-state index contributed by atoms with van der Waals surface area (Å²) in [7, 11) is 0. The maximum atomic E-state index is 13.7. The van der Waals surface area contributed by atoms with E-state index >= 15 is 0 Å². The molecule has 114 valence electrons. The van der Waals surface area contributed by atoms with E-state index in [1.807, 2.05) is 13.8 Å². The molecule has 1 aliphatic heterocycles. The van der Waals surface area contributed by atoms with Crippen molar-refractivity contribution in [3.05, 3.63) is 24.0 Å². The average molecular weight is 294 g/mol. The number of phenolic OH excluding ortho intramolecular Hbond substituents is 1. The maximum absolute atomic E-state index is 13.7. The molecular weight excluding hydrogens is 275 g/mol. The first-order chi connectivity index (χ1) is 9.90. The molecule has 1 fully saturated rings. The minimum atomic E-state index is -0.710. The fourth-order valence-corrected chi connectivity index (χ4v) is 2.58. The molecule has 5 nitrogen and oxygen atoms in total. The van der Waals surface area contributed by atoms with Gasteiger partial charge in [0, 0.05) is 19.0 Å². The smallest absolute Gasteiger partial charge is 0.247 e. The molecule has 1 atom stereocenters. The topological polar surface area (TPSA) is 69.6 Å². The number of likely N-dealkylation sites (tertiary alicyclic amines) is 1. The van der Waals surface area contributed by atoms with E-state index < -0.39 is 17.8 Å². The molecule has 1 saturated heterocycles. The highest BCUT2D eigenvalue weighted by Gasteiger charge is 2.35. The maximum Gasteiger partial charge on any atom is 0.247 e. The number of amides is 2. The van der Waals surface area contributed by atoms with Gasteiger partial charge in [-0.1, -0.05) is 13.8 Å². The molecule has 2 amide bonds. The van der Waals surface area contributed by atoms with Gasteiger partial charge >= 0.3 is 0 Å². The second-order valence-electron chi connectivity index (χ2n) is 5.53. The predicted molar refractivity (Wildman–Crippen MR) is 76.3 cm³/mol. The van der Waals surface area contributed by atoms with E-state index in [0.29, 0.717) is 13.0 Å². The molecular formula is C15H19FN2O3. The first kappa shape index (κ1) is 15.3. The molecule has 0 aliphatic carbocycles. The molecule has 0 saturated carbocycles. The van der Waals surface area contributed by atoms with Crippen molar-refractivity contribution >= 4 is 17.5 Å². The van der Waals surface area contributed by atoms with Gasteiger partial charge in [0.05, 0.1) is 5.69 Å². The van der Waals surface area contributed by atoms with E-state index in [1.165, 1.54) is 12.1 Å². The first-order valence-electron chi connectivity index (χ1n) is 6.99. The van der Waals surface area contributed by atoms with Crippen LogP contribution >= 0.6 is 0 Å². The van der Waals surface area contributed by atoms with Crippen LogP contribution in [0.5, 0.6) is 5.75 Å². The summed E-state index contributed by atoms with van der Waals surface area (Å²) in [6, 6.07) is 2.91. The van der Waals surface area contributed by atoms with Gasteiger partial charge < -0.3 is 15.3 Å². The molecule has 2 N–H and O–H groups in total. The fraction of sp³-hybridized carbons (Fsp3) is 0.467. The quantitative estimate of drug-likeness (QED) is 0.836. The summed E-state index contributed by atoms with van der Waals surface area (Å²) in [6.45, 7) is 4.25. The lowest BCUT2D eigenvalue weighted by molar-refractivity contribution is -0.136. The Balaban J connectivity index is 2.17. The fourth-order valence-electron chi connectivity index (χ4n) is 2.58. The molecule has 1 aliphatic rings. The van der Waals surface area contributed by atoms with E-state index in [9.17, 15) is 19.1 Å². The van der Waals surface area contributed by atoms with E-state index in [4.69, 9.17) is 0 Å². The van der Waals surface area contributed by atoms with Crippen LogP contribution < -0.4 is 5.32 Å². The molecule has 1 heterocycles. The third-order valence-electron chi connectivity index (χ3n) is 3.56. The summed E-state index contributed by atoms with van der Waals surface area (Å²) in [5.41, 5.74) is -0.00454. The zero-order valence-corrected chi connectivity index (χ0v) is 12.1. The van der Waals surface area contributed by atoms with E-state index in [0.717, 1.165) is 12.5 Å². The summed E-state index contributed by atoms with van der Waals surface area (Å²) in [5, 5.41) is 11.7. The largest absolute Gasteiger partial charge is 0.508 e. The van der Waals surface area contributed by atoms with Crippen LogP contribution in [0, 0.1) is 11.7 Å². The number of hydrogen-bond acceptors (Lipinski definition) is 3. The first-order valence-corrected chi connectivity index (χ1v) is 6.99. The molecule has 6 heteroatoms. The number of hydrogen-bond donors (Lipinski definition) is 2. The number of halogens is 1. The highest BCUT2D eigenvalue weighted by molar-refractivity contribution is 5.97. The molecule has 0 spiro atoms. The Kier molecular flexibility index (Phi) is 4.45. The lowest BCUT2D eigenvalue weighted by atomic mass is 10.0. The van der Waals surface area contributed by atoms with Crippen LogP contribution in [0.4, 0.5) is 10.1 Å². The number of nitrogens with zero attached hydrogens (tertiary/aromatic N) is 1. The number of carbonyl (C=O) groups is 2. The number of anilines is 1. The van der Waals surface area contributed by atoms with Gasteiger partial charge in [-0.15, -0.1) is 0 Å². The number of nitrogens with one attached hydrogen (secondary N) is 1. The zero-order chi connectivity index (χ0) is 15.6. The highest BCUT2D eigenvalue weighted by Crippen LogP contribution is 2.23. The standard InChI is InChI=1S/C15H19FN2O3/c1-9(2)14(18-7-3-4-13(18)20)15(21)17-12-6-5-10(19)8-11(12)16/h5-6,8-9,14,19H,3-4,7H2,1-2H3,(H,17,21)/t14-/m0/s1. The second kappa shape index (κ2) is 6.11. The van der Waals surface area contributed by atoms with Gasteiger partial charge in [0.1, 0.15) is 17.6 Å². The number of rotatable bonds is 4. The Morgan fingerprint density at radius 2 is 2.14 bits per heavy atom. The monoisotopic (exact) mass is 294 g/mol. The van der Waals surface area contributed by atoms with Gasteiger partial charge in [0.15, 0.2) is 0 Å². The van der Waals surface area contributed by atoms with Gasteiger partial charge in [0.25, 0.3) is 0 Å². The Morgan fingerprint density at radius 1 is 1.43 bits per heavy atom. The zero-order valence-electron chi connectivity index (χ0n) is 12.1. The molecule has 0 radical (unpaired) electrons. The average Bonchev–Trinajstić information content (AvgIpc) is 2.79. The van der Waals surface area contributed by atoms with Crippen molar-refractivity contribution in [3.63, 3.8) is 0 Å². The van der Waals surface area contributed by atoms with Crippen molar-refractivity contribution in [1.29, 1.82) is 0 Å². The Morgan fingerprint density at radius 3 is 2.67 bits per heavy atom. The van der Waals surface area contributed by atoms with Crippen molar-refractivity contribution in [1.82, 2.24) is 4.90 Å². The Hall–Kier alpha value is -2.11. The highest BCUT2D eigenvalue weighted by atomic mass is 19.1. The minimum absolute atomic E-state index is 0.00454. The van der Waals surface area contributed by atoms with Crippen LogP contribution in [0.15, 0.2) is 18.2 Å². The third-order valence-corrected chi connectivity index (χ3v) is 3.56. The number of carbonyl (C=O) groups excluding carboxylic acids is 2. The van der Waals surface area contributed by atoms with Crippen LogP contribution in [0.25, 0.3) is 0 Å². The van der Waals surface area contributed by atoms with E-state index in [1.54, 1.807) is 4.90 Å². The second-order valence-corrected chi connectivity index (χ2v) is 5.53. The van der Waals surface area contributed by atoms with Crippen LogP contribution in [-0.4, -0.2) is 34.4 Å². The van der Waals surface area contributed by atoms with Gasteiger partial charge in [0.2, 0.25) is 11.8 Å². The summed E-state index contributed by atoms with van der Waals surface area (Å²) in [6.07, 6.45) is 1.19. The predicted octanol–water partition coefficient (Wildman–Crippen LogP) is 2.12. The number of benzene rings is 1. The van der Waals surface area contributed by atoms with Gasteiger partial charge in [-0.25, -0.2) is 4.39 Å². The lowest BCUT2D eigenvalue weighted by Gasteiger charge is -2.29. The van der Waals surface area contributed by atoms with E-state index in [-0.39, 0.29) is 23.3 Å². The van der Waals surface area contributed by atoms with Crippen LogP contribution in [-0.2, 0) is 9.59 Å². The molecule has 0 aromatic heterocycles. The van der Waals surface area contributed by atoms with Crippen molar-refractivity contribution in [3.8, 4) is 5.75 Å².